The second-order valence-electron chi connectivity index (χ2n) is 7.63. The van der Waals surface area contributed by atoms with E-state index in [1.54, 1.807) is 24.5 Å². The Labute approximate surface area is 189 Å². The maximum Gasteiger partial charge on any atom is 0.261 e. The Morgan fingerprint density at radius 2 is 1.85 bits per heavy atom. The molecular weight excluding hydrogens is 426 g/mol. The summed E-state index contributed by atoms with van der Waals surface area (Å²) < 4.78 is 27.9. The quantitative estimate of drug-likeness (QED) is 0.520. The molecule has 0 unspecified atom stereocenters. The first-order valence-electron chi connectivity index (χ1n) is 10.2. The summed E-state index contributed by atoms with van der Waals surface area (Å²) in [4.78, 5) is 29.0. The molecule has 5 nitrogen and oxygen atoms in total. The number of halogens is 2. The predicted molar refractivity (Wildman–Crippen MR) is 122 cm³/mol. The number of allylic oxidation sites excluding steroid dienone is 3. The maximum atomic E-state index is 13.9. The number of rotatable bonds is 6. The van der Waals surface area contributed by atoms with Crippen LogP contribution in [0.25, 0.3) is 11.1 Å². The van der Waals surface area contributed by atoms with Crippen LogP contribution in [0.5, 0.6) is 0 Å². The first-order chi connectivity index (χ1) is 15.9. The molecule has 7 heteroatoms. The summed E-state index contributed by atoms with van der Waals surface area (Å²) in [5.74, 6) is -3.17. The number of hydrogen-bond acceptors (Lipinski definition) is 4. The second kappa shape index (κ2) is 9.26. The summed E-state index contributed by atoms with van der Waals surface area (Å²) >= 11 is 0. The van der Waals surface area contributed by atoms with Crippen molar-refractivity contribution in [3.8, 4) is 0 Å². The van der Waals surface area contributed by atoms with Crippen molar-refractivity contribution >= 4 is 28.5 Å². The molecule has 1 amide bonds. The van der Waals surface area contributed by atoms with Crippen LogP contribution in [-0.4, -0.2) is 28.4 Å². The van der Waals surface area contributed by atoms with Gasteiger partial charge in [-0.05, 0) is 71.5 Å². The minimum Gasteiger partial charge on any atom is -0.392 e. The van der Waals surface area contributed by atoms with Gasteiger partial charge in [0.25, 0.3) is 5.91 Å². The van der Waals surface area contributed by atoms with E-state index in [4.69, 9.17) is 0 Å². The Morgan fingerprint density at radius 3 is 2.48 bits per heavy atom. The lowest BCUT2D eigenvalue weighted by atomic mass is 9.95. The molecule has 1 aromatic heterocycles. The van der Waals surface area contributed by atoms with E-state index in [0.29, 0.717) is 17.5 Å². The normalized spacial score (nSPS) is 13.2. The molecule has 4 rings (SSSR count). The van der Waals surface area contributed by atoms with Crippen LogP contribution in [0.3, 0.4) is 0 Å². The molecule has 1 heterocycles. The topological polar surface area (TPSA) is 79.3 Å². The van der Waals surface area contributed by atoms with Gasteiger partial charge >= 0.3 is 0 Å². The van der Waals surface area contributed by atoms with Crippen LogP contribution < -0.4 is 5.32 Å². The second-order valence-corrected chi connectivity index (χ2v) is 7.63. The summed E-state index contributed by atoms with van der Waals surface area (Å²) in [5.41, 5.74) is 3.78. The predicted octanol–water partition coefficient (Wildman–Crippen LogP) is 5.05. The molecule has 0 atom stereocenters. The third-order valence-corrected chi connectivity index (χ3v) is 5.46. The number of anilines is 1. The Morgan fingerprint density at radius 1 is 1.09 bits per heavy atom. The maximum absolute atomic E-state index is 13.9. The number of aromatic nitrogens is 1. The molecule has 3 aromatic rings. The minimum atomic E-state index is -0.979. The summed E-state index contributed by atoms with van der Waals surface area (Å²) in [6.45, 7) is 1.21. The smallest absolute Gasteiger partial charge is 0.261 e. The van der Waals surface area contributed by atoms with E-state index in [1.807, 2.05) is 18.2 Å². The van der Waals surface area contributed by atoms with E-state index < -0.39 is 23.1 Å². The van der Waals surface area contributed by atoms with E-state index in [0.717, 1.165) is 34.4 Å². The number of Topliss-reactive ketones (excluding diaryl/α,β-unsaturated/α-hetero) is 1. The van der Waals surface area contributed by atoms with Gasteiger partial charge in [-0.15, -0.1) is 0 Å². The molecule has 2 aromatic carbocycles. The van der Waals surface area contributed by atoms with Crippen LogP contribution >= 0.6 is 0 Å². The number of aliphatic hydroxyl groups excluding tert-OH is 1. The number of carbonyl (C=O) groups excluding carboxylic acids is 2. The summed E-state index contributed by atoms with van der Waals surface area (Å²) in [5, 5.41) is 12.4. The first kappa shape index (κ1) is 22.2. The minimum absolute atomic E-state index is 0.183. The van der Waals surface area contributed by atoms with Gasteiger partial charge in [-0.3, -0.25) is 14.6 Å². The van der Waals surface area contributed by atoms with Crippen LogP contribution in [0, 0.1) is 11.6 Å². The molecule has 0 saturated heterocycles. The van der Waals surface area contributed by atoms with Crippen molar-refractivity contribution < 1.29 is 23.5 Å². The first-order valence-corrected chi connectivity index (χ1v) is 10.2. The zero-order valence-corrected chi connectivity index (χ0v) is 17.7. The Bertz CT molecular complexity index is 1290. The molecule has 0 radical (unpaired) electrons. The van der Waals surface area contributed by atoms with Crippen molar-refractivity contribution in [2.75, 3.05) is 11.9 Å². The average Bonchev–Trinajstić information content (AvgIpc) is 3.24. The highest BCUT2D eigenvalue weighted by molar-refractivity contribution is 6.07. The van der Waals surface area contributed by atoms with Gasteiger partial charge in [0, 0.05) is 23.6 Å². The van der Waals surface area contributed by atoms with Gasteiger partial charge in [-0.2, -0.15) is 0 Å². The zero-order chi connectivity index (χ0) is 23.5. The number of amides is 1. The molecule has 0 saturated carbocycles. The molecule has 0 spiro atoms. The van der Waals surface area contributed by atoms with Gasteiger partial charge in [-0.25, -0.2) is 8.78 Å². The molecule has 1 aliphatic rings. The SMILES string of the molecule is CC(=O)c1cc(NC(=O)c2c(F)cccc2F)ccc1C1=C(CO)CC(c2cccnc2)=C1. The highest BCUT2D eigenvalue weighted by Crippen LogP contribution is 2.39. The average molecular weight is 446 g/mol. The lowest BCUT2D eigenvalue weighted by Gasteiger charge is -2.13. The van der Waals surface area contributed by atoms with Crippen molar-refractivity contribution in [1.82, 2.24) is 4.98 Å². The molecule has 166 valence electrons. The van der Waals surface area contributed by atoms with Crippen LogP contribution in [0.4, 0.5) is 14.5 Å². The fourth-order valence-electron chi connectivity index (χ4n) is 3.86. The van der Waals surface area contributed by atoms with E-state index in [2.05, 4.69) is 10.3 Å². The van der Waals surface area contributed by atoms with Gasteiger partial charge in [0.2, 0.25) is 0 Å². The van der Waals surface area contributed by atoms with Gasteiger partial charge in [0.1, 0.15) is 17.2 Å². The number of nitrogens with zero attached hydrogens (tertiary/aromatic N) is 1. The Hall–Kier alpha value is -3.97. The lowest BCUT2D eigenvalue weighted by Crippen LogP contribution is -2.16. The molecule has 0 fully saturated rings. The largest absolute Gasteiger partial charge is 0.392 e. The lowest BCUT2D eigenvalue weighted by molar-refractivity contribution is 0.100. The summed E-state index contributed by atoms with van der Waals surface area (Å²) in [6, 6.07) is 11.6. The third kappa shape index (κ3) is 4.49. The van der Waals surface area contributed by atoms with Crippen LogP contribution in [0.2, 0.25) is 0 Å². The van der Waals surface area contributed by atoms with Gasteiger partial charge in [0.15, 0.2) is 5.78 Å². The molecule has 33 heavy (non-hydrogen) atoms. The van der Waals surface area contributed by atoms with Gasteiger partial charge < -0.3 is 10.4 Å². The van der Waals surface area contributed by atoms with Crippen LogP contribution in [0.1, 0.15) is 45.2 Å². The molecule has 2 N–H and O–H groups in total. The van der Waals surface area contributed by atoms with Crippen LogP contribution in [0.15, 0.2) is 72.6 Å². The highest BCUT2D eigenvalue weighted by Gasteiger charge is 2.22. The molecule has 0 aliphatic heterocycles. The number of pyridine rings is 1. The Balaban J connectivity index is 1.70. The summed E-state index contributed by atoms with van der Waals surface area (Å²) in [6.07, 6.45) is 5.84. The van der Waals surface area contributed by atoms with Crippen molar-refractivity contribution in [3.63, 3.8) is 0 Å². The van der Waals surface area contributed by atoms with E-state index in [-0.39, 0.29) is 18.1 Å². The van der Waals surface area contributed by atoms with Gasteiger partial charge in [0.05, 0.1) is 6.61 Å². The standard InChI is InChI=1S/C26H20F2N2O3/c1-15(32)21-12-19(30-26(33)25-23(27)5-2-6-24(25)28)7-8-20(21)22-11-17(10-18(22)14-31)16-4-3-9-29-13-16/h2-9,11-13,31H,10,14H2,1H3,(H,30,33). The van der Waals surface area contributed by atoms with Crippen molar-refractivity contribution in [2.45, 2.75) is 13.3 Å². The van der Waals surface area contributed by atoms with Gasteiger partial charge in [-0.1, -0.05) is 24.3 Å². The van der Waals surface area contributed by atoms with Crippen molar-refractivity contribution in [2.24, 2.45) is 0 Å². The zero-order valence-electron chi connectivity index (χ0n) is 17.7. The number of ketones is 1. The fourth-order valence-corrected chi connectivity index (χ4v) is 3.86. The van der Waals surface area contributed by atoms with E-state index in [1.165, 1.54) is 19.1 Å². The number of carbonyl (C=O) groups is 2. The highest BCUT2D eigenvalue weighted by atomic mass is 19.1. The fraction of sp³-hybridized carbons (Fsp3) is 0.115. The van der Waals surface area contributed by atoms with Crippen molar-refractivity contribution in [3.05, 3.63) is 106 Å². The number of benzene rings is 2. The number of aliphatic hydroxyl groups is 1. The Kier molecular flexibility index (Phi) is 6.24. The molecule has 0 bridgehead atoms. The third-order valence-electron chi connectivity index (χ3n) is 5.46. The van der Waals surface area contributed by atoms with Crippen molar-refractivity contribution in [1.29, 1.82) is 0 Å². The monoisotopic (exact) mass is 446 g/mol. The van der Waals surface area contributed by atoms with Crippen LogP contribution in [-0.2, 0) is 0 Å². The summed E-state index contributed by atoms with van der Waals surface area (Å²) in [7, 11) is 0. The molecule has 1 aliphatic carbocycles. The van der Waals surface area contributed by atoms with E-state index in [9.17, 15) is 23.5 Å². The van der Waals surface area contributed by atoms with E-state index >= 15 is 0 Å². The molecular formula is C26H20F2N2O3. The number of nitrogens with one attached hydrogen (secondary N) is 1. The number of hydrogen-bond donors (Lipinski definition) is 2.